The number of hydrogen-bond acceptors (Lipinski definition) is 2. The molecule has 0 fully saturated rings. The van der Waals surface area contributed by atoms with Crippen LogP contribution in [-0.4, -0.2) is 12.0 Å². The molecule has 2 heteroatoms. The summed E-state index contributed by atoms with van der Waals surface area (Å²) in [5, 5.41) is 0. The number of carbonyl (C=O) groups excluding carboxylic acids is 1. The van der Waals surface area contributed by atoms with Gasteiger partial charge in [-0.1, -0.05) is 0 Å². The van der Waals surface area contributed by atoms with Crippen molar-refractivity contribution >= 4 is 12.0 Å². The Kier molecular flexibility index (Phi) is 1.01. The molecule has 42 valence electrons. The fourth-order valence-electron chi connectivity index (χ4n) is 0.596. The van der Waals surface area contributed by atoms with Gasteiger partial charge in [0.05, 0.1) is 0 Å². The fourth-order valence-corrected chi connectivity index (χ4v) is 0.596. The lowest BCUT2D eigenvalue weighted by Crippen LogP contribution is -2.11. The summed E-state index contributed by atoms with van der Waals surface area (Å²) in [4.78, 5) is 13.8. The molecule has 0 aromatic carbocycles. The average molecular weight is 109 g/mol. The molecule has 0 spiro atoms. The first-order valence-electron chi connectivity index (χ1n) is 2.47. The molecule has 0 aliphatic carbocycles. The van der Waals surface area contributed by atoms with Gasteiger partial charge in [0, 0.05) is 5.70 Å². The van der Waals surface area contributed by atoms with Crippen molar-refractivity contribution in [2.24, 2.45) is 4.99 Å². The van der Waals surface area contributed by atoms with E-state index in [9.17, 15) is 4.79 Å². The zero-order chi connectivity index (χ0) is 6.15. The summed E-state index contributed by atoms with van der Waals surface area (Å²) >= 11 is 0. The smallest absolute Gasteiger partial charge is 0.168 e. The molecule has 8 heavy (non-hydrogen) atoms. The number of nitrogens with zero attached hydrogens (tertiary/aromatic N) is 1. The molecule has 1 rings (SSSR count). The molecule has 1 heterocycles. The Morgan fingerprint density at radius 3 is 2.25 bits per heavy atom. The van der Waals surface area contributed by atoms with E-state index in [1.54, 1.807) is 0 Å². The van der Waals surface area contributed by atoms with Gasteiger partial charge in [-0.15, -0.1) is 0 Å². The van der Waals surface area contributed by atoms with Crippen LogP contribution in [0.4, 0.5) is 0 Å². The normalized spacial score (nSPS) is 17.5. The zero-order valence-corrected chi connectivity index (χ0v) is 4.93. The number of aliphatic imine (C=N–C) groups is 1. The maximum atomic E-state index is 9.98. The fraction of sp³-hybridized carbons (Fsp3) is 0.333. The van der Waals surface area contributed by atoms with Crippen LogP contribution in [0, 0.1) is 0 Å². The third-order valence-corrected chi connectivity index (χ3v) is 1.33. The quantitative estimate of drug-likeness (QED) is 0.460. The van der Waals surface area contributed by atoms with Gasteiger partial charge in [-0.05, 0) is 19.4 Å². The van der Waals surface area contributed by atoms with Gasteiger partial charge in [0.25, 0.3) is 0 Å². The van der Waals surface area contributed by atoms with Gasteiger partial charge in [0.15, 0.2) is 6.29 Å². The minimum atomic E-state index is 0.600. The van der Waals surface area contributed by atoms with E-state index in [1.165, 1.54) is 0 Å². The molecule has 1 aliphatic heterocycles. The summed E-state index contributed by atoms with van der Waals surface area (Å²) in [5.41, 5.74) is 2.61. The summed E-state index contributed by atoms with van der Waals surface area (Å²) in [6.45, 7) is 3.79. The lowest BCUT2D eigenvalue weighted by Gasteiger charge is -2.10. The van der Waals surface area contributed by atoms with Crippen molar-refractivity contribution < 1.29 is 4.79 Å². The summed E-state index contributed by atoms with van der Waals surface area (Å²) in [6.07, 6.45) is 0.780. The van der Waals surface area contributed by atoms with Crippen LogP contribution >= 0.6 is 0 Å². The molecule has 0 radical (unpaired) electrons. The molecule has 0 amide bonds. The predicted octanol–water partition coefficient (Wildman–Crippen LogP) is 0.934. The van der Waals surface area contributed by atoms with Gasteiger partial charge >= 0.3 is 0 Å². The second kappa shape index (κ2) is 1.54. The largest absolute Gasteiger partial charge is 0.296 e. The lowest BCUT2D eigenvalue weighted by molar-refractivity contribution is -0.102. The van der Waals surface area contributed by atoms with Gasteiger partial charge in [0.1, 0.15) is 5.71 Å². The highest BCUT2D eigenvalue weighted by Gasteiger charge is 2.12. The molecular weight excluding hydrogens is 102 g/mol. The van der Waals surface area contributed by atoms with Crippen molar-refractivity contribution in [3.05, 3.63) is 11.3 Å². The van der Waals surface area contributed by atoms with Crippen LogP contribution in [0.25, 0.3) is 0 Å². The number of carbonyl (C=O) groups is 1. The molecule has 0 bridgehead atoms. The third kappa shape index (κ3) is 0.494. The SMILES string of the molecule is CC1=C(C)C(C=O)=N1. The summed E-state index contributed by atoms with van der Waals surface area (Å²) in [6, 6.07) is 0. The van der Waals surface area contributed by atoms with Gasteiger partial charge in [-0.3, -0.25) is 4.79 Å². The first kappa shape index (κ1) is 5.22. The second-order valence-electron chi connectivity index (χ2n) is 1.83. The Morgan fingerprint density at radius 1 is 1.50 bits per heavy atom. The van der Waals surface area contributed by atoms with Crippen LogP contribution in [0.15, 0.2) is 16.3 Å². The first-order valence-corrected chi connectivity index (χ1v) is 2.47. The maximum absolute atomic E-state index is 9.98. The Bertz CT molecular complexity index is 189. The van der Waals surface area contributed by atoms with Crippen LogP contribution in [0.3, 0.4) is 0 Å². The molecular formula is C6H7NO. The Morgan fingerprint density at radius 2 is 2.12 bits per heavy atom. The van der Waals surface area contributed by atoms with Gasteiger partial charge in [0.2, 0.25) is 0 Å². The van der Waals surface area contributed by atoms with Gasteiger partial charge in [-0.2, -0.15) is 0 Å². The predicted molar refractivity (Wildman–Crippen MR) is 31.9 cm³/mol. The van der Waals surface area contributed by atoms with Crippen LogP contribution in [0.5, 0.6) is 0 Å². The third-order valence-electron chi connectivity index (χ3n) is 1.33. The Hall–Kier alpha value is -0.920. The highest BCUT2D eigenvalue weighted by Crippen LogP contribution is 2.15. The van der Waals surface area contributed by atoms with Crippen molar-refractivity contribution in [3.63, 3.8) is 0 Å². The molecule has 0 N–H and O–H groups in total. The second-order valence-corrected chi connectivity index (χ2v) is 1.83. The number of aldehydes is 1. The topological polar surface area (TPSA) is 29.4 Å². The van der Waals surface area contributed by atoms with E-state index in [0.29, 0.717) is 5.71 Å². The standard InChI is InChI=1S/C6H7NO/c1-4-5(2)7-6(4)3-8/h3H,1-2H3. The number of hydrogen-bond donors (Lipinski definition) is 0. The summed E-state index contributed by atoms with van der Waals surface area (Å²) in [5.74, 6) is 0. The van der Waals surface area contributed by atoms with Gasteiger partial charge < -0.3 is 0 Å². The van der Waals surface area contributed by atoms with Crippen LogP contribution in [-0.2, 0) is 4.79 Å². The Balaban J connectivity index is 2.73. The first-order chi connectivity index (χ1) is 3.75. The van der Waals surface area contributed by atoms with E-state index in [-0.39, 0.29) is 0 Å². The Labute approximate surface area is 47.9 Å². The molecule has 2 nitrogen and oxygen atoms in total. The highest BCUT2D eigenvalue weighted by molar-refractivity contribution is 6.38. The number of rotatable bonds is 1. The van der Waals surface area contributed by atoms with E-state index in [2.05, 4.69) is 4.99 Å². The van der Waals surface area contributed by atoms with Crippen LogP contribution in [0.2, 0.25) is 0 Å². The lowest BCUT2D eigenvalue weighted by atomic mass is 10.1. The van der Waals surface area contributed by atoms with E-state index >= 15 is 0 Å². The average Bonchev–Trinajstić information content (AvgIpc) is 1.81. The molecule has 0 atom stereocenters. The summed E-state index contributed by atoms with van der Waals surface area (Å²) in [7, 11) is 0. The summed E-state index contributed by atoms with van der Waals surface area (Å²) < 4.78 is 0. The van der Waals surface area contributed by atoms with Crippen molar-refractivity contribution in [1.29, 1.82) is 0 Å². The highest BCUT2D eigenvalue weighted by atomic mass is 16.1. The van der Waals surface area contributed by atoms with Crippen LogP contribution in [0.1, 0.15) is 13.8 Å². The van der Waals surface area contributed by atoms with Crippen molar-refractivity contribution in [2.75, 3.05) is 0 Å². The zero-order valence-electron chi connectivity index (χ0n) is 4.93. The molecule has 0 saturated heterocycles. The minimum absolute atomic E-state index is 0.600. The van der Waals surface area contributed by atoms with Gasteiger partial charge in [-0.25, -0.2) is 4.99 Å². The minimum Gasteiger partial charge on any atom is -0.296 e. The molecule has 0 aromatic heterocycles. The molecule has 0 saturated carbocycles. The van der Waals surface area contributed by atoms with Crippen LogP contribution < -0.4 is 0 Å². The molecule has 1 aliphatic rings. The molecule has 0 aromatic rings. The monoisotopic (exact) mass is 109 g/mol. The molecule has 0 unspecified atom stereocenters. The van der Waals surface area contributed by atoms with Crippen molar-refractivity contribution in [3.8, 4) is 0 Å². The van der Waals surface area contributed by atoms with E-state index < -0.39 is 0 Å². The van der Waals surface area contributed by atoms with E-state index in [0.717, 1.165) is 17.6 Å². The number of allylic oxidation sites excluding steroid dienone is 2. The maximum Gasteiger partial charge on any atom is 0.168 e. The van der Waals surface area contributed by atoms with Crippen molar-refractivity contribution in [2.45, 2.75) is 13.8 Å². The van der Waals surface area contributed by atoms with E-state index in [1.807, 2.05) is 13.8 Å². The van der Waals surface area contributed by atoms with E-state index in [4.69, 9.17) is 0 Å². The van der Waals surface area contributed by atoms with Crippen molar-refractivity contribution in [1.82, 2.24) is 0 Å².